The Morgan fingerprint density at radius 1 is 1.39 bits per heavy atom. The van der Waals surface area contributed by atoms with Crippen molar-refractivity contribution in [3.63, 3.8) is 0 Å². The number of fused-ring (bicyclic) bond motifs is 1. The largest absolute Gasteiger partial charge is 0.491 e. The number of ether oxygens (including phenoxy) is 1. The molecule has 2 N–H and O–H groups in total. The minimum atomic E-state index is -0.315. The third kappa shape index (κ3) is 3.21. The fraction of sp³-hybridized carbons (Fsp3) is 0.294. The number of para-hydroxylation sites is 1. The highest BCUT2D eigenvalue weighted by Crippen LogP contribution is 2.26. The van der Waals surface area contributed by atoms with Crippen LogP contribution >= 0.6 is 0 Å². The van der Waals surface area contributed by atoms with Crippen LogP contribution in [-0.4, -0.2) is 37.6 Å². The molecule has 0 bridgehead atoms. The summed E-state index contributed by atoms with van der Waals surface area (Å²) in [4.78, 5) is 28.8. The molecule has 120 valence electrons. The number of carbonyl (C=O) groups excluding carboxylic acids is 1. The lowest BCUT2D eigenvalue weighted by Gasteiger charge is -2.19. The maximum absolute atomic E-state index is 12.1. The number of anilines is 1. The van der Waals surface area contributed by atoms with Crippen molar-refractivity contribution in [2.24, 2.45) is 0 Å². The smallest absolute Gasteiger partial charge is 0.267 e. The molecule has 0 aliphatic carbocycles. The highest BCUT2D eigenvalue weighted by molar-refractivity contribution is 5.92. The number of hydrogen-bond acceptors (Lipinski definition) is 4. The normalized spacial score (nSPS) is 12.8. The van der Waals surface area contributed by atoms with Gasteiger partial charge in [0.2, 0.25) is 5.43 Å². The van der Waals surface area contributed by atoms with Crippen LogP contribution in [0.5, 0.6) is 5.75 Å². The van der Waals surface area contributed by atoms with E-state index in [1.807, 2.05) is 12.1 Å². The summed E-state index contributed by atoms with van der Waals surface area (Å²) in [5.41, 5.74) is 2.50. The molecule has 0 fully saturated rings. The van der Waals surface area contributed by atoms with Crippen LogP contribution in [0.1, 0.15) is 16.1 Å². The zero-order valence-electron chi connectivity index (χ0n) is 13.0. The lowest BCUT2D eigenvalue weighted by Crippen LogP contribution is -2.34. The first-order valence-corrected chi connectivity index (χ1v) is 7.57. The Bertz CT molecular complexity index is 770. The lowest BCUT2D eigenvalue weighted by atomic mass is 10.2. The van der Waals surface area contributed by atoms with Crippen LogP contribution < -0.4 is 20.4 Å². The quantitative estimate of drug-likeness (QED) is 0.869. The first-order valence-electron chi connectivity index (χ1n) is 7.57. The molecule has 6 heteroatoms. The summed E-state index contributed by atoms with van der Waals surface area (Å²) in [7, 11) is 1.41. The van der Waals surface area contributed by atoms with Crippen molar-refractivity contribution in [1.29, 1.82) is 0 Å². The first kappa shape index (κ1) is 15.1. The van der Waals surface area contributed by atoms with Gasteiger partial charge in [0.1, 0.15) is 5.69 Å². The molecule has 1 aliphatic rings. The van der Waals surface area contributed by atoms with Crippen LogP contribution in [0, 0.1) is 0 Å². The Kier molecular flexibility index (Phi) is 4.32. The highest BCUT2D eigenvalue weighted by Gasteiger charge is 2.18. The van der Waals surface area contributed by atoms with E-state index in [1.165, 1.54) is 30.6 Å². The van der Waals surface area contributed by atoms with Gasteiger partial charge in [-0.05, 0) is 18.1 Å². The molecule has 6 nitrogen and oxygen atoms in total. The van der Waals surface area contributed by atoms with E-state index in [-0.39, 0.29) is 22.8 Å². The number of carbonyl (C=O) groups is 1. The fourth-order valence-electron chi connectivity index (χ4n) is 2.79. The van der Waals surface area contributed by atoms with Crippen molar-refractivity contribution in [1.82, 2.24) is 10.3 Å². The van der Waals surface area contributed by atoms with Crippen LogP contribution in [0.25, 0.3) is 0 Å². The topological polar surface area (TPSA) is 74.4 Å². The van der Waals surface area contributed by atoms with Crippen LogP contribution in [0.3, 0.4) is 0 Å². The zero-order chi connectivity index (χ0) is 16.2. The molecular formula is C17H19N3O3. The number of H-pyrrole nitrogens is 1. The molecule has 1 aliphatic heterocycles. The summed E-state index contributed by atoms with van der Waals surface area (Å²) in [5.74, 6) is -0.104. The van der Waals surface area contributed by atoms with E-state index in [9.17, 15) is 9.59 Å². The average Bonchev–Trinajstić information content (AvgIpc) is 2.98. The summed E-state index contributed by atoms with van der Waals surface area (Å²) in [5, 5.41) is 2.83. The number of methoxy groups -OCH3 is 1. The summed E-state index contributed by atoms with van der Waals surface area (Å²) >= 11 is 0. The van der Waals surface area contributed by atoms with Gasteiger partial charge in [0.15, 0.2) is 5.75 Å². The maximum atomic E-state index is 12.1. The molecule has 23 heavy (non-hydrogen) atoms. The maximum Gasteiger partial charge on any atom is 0.267 e. The van der Waals surface area contributed by atoms with Gasteiger partial charge in [-0.25, -0.2) is 0 Å². The van der Waals surface area contributed by atoms with E-state index in [2.05, 4.69) is 27.3 Å². The van der Waals surface area contributed by atoms with Gasteiger partial charge >= 0.3 is 0 Å². The standard InChI is InChI=1S/C17H19N3O3/c1-23-16-11-19-13(10-15(16)21)17(22)18-7-9-20-8-6-12-4-2-3-5-14(12)20/h2-5,10-11H,6-9H2,1H3,(H,18,22)(H,19,21). The summed E-state index contributed by atoms with van der Waals surface area (Å²) < 4.78 is 4.88. The van der Waals surface area contributed by atoms with Crippen LogP contribution in [0.4, 0.5) is 5.69 Å². The van der Waals surface area contributed by atoms with E-state index >= 15 is 0 Å². The monoisotopic (exact) mass is 313 g/mol. The molecule has 1 aromatic heterocycles. The Balaban J connectivity index is 1.56. The van der Waals surface area contributed by atoms with Gasteiger partial charge in [0.25, 0.3) is 5.91 Å². The number of nitrogens with one attached hydrogen (secondary N) is 2. The summed E-state index contributed by atoms with van der Waals surface area (Å²) in [6, 6.07) is 9.56. The fourth-order valence-corrected chi connectivity index (χ4v) is 2.79. The van der Waals surface area contributed by atoms with Gasteiger partial charge < -0.3 is 19.9 Å². The number of amides is 1. The van der Waals surface area contributed by atoms with Crippen molar-refractivity contribution in [3.05, 3.63) is 58.0 Å². The Morgan fingerprint density at radius 3 is 3.00 bits per heavy atom. The van der Waals surface area contributed by atoms with Crippen molar-refractivity contribution < 1.29 is 9.53 Å². The second-order valence-electron chi connectivity index (χ2n) is 5.40. The molecule has 0 spiro atoms. The van der Waals surface area contributed by atoms with Gasteiger partial charge in [0, 0.05) is 37.6 Å². The van der Waals surface area contributed by atoms with E-state index in [4.69, 9.17) is 4.74 Å². The molecule has 1 aromatic carbocycles. The van der Waals surface area contributed by atoms with Crippen molar-refractivity contribution in [3.8, 4) is 5.75 Å². The number of nitrogens with zero attached hydrogens (tertiary/aromatic N) is 1. The molecule has 0 unspecified atom stereocenters. The van der Waals surface area contributed by atoms with Crippen molar-refractivity contribution in [2.75, 3.05) is 31.6 Å². The SMILES string of the molecule is COc1c[nH]c(C(=O)NCCN2CCc3ccccc32)cc1=O. The molecule has 2 aromatic rings. The Morgan fingerprint density at radius 2 is 2.22 bits per heavy atom. The number of aromatic nitrogens is 1. The zero-order valence-corrected chi connectivity index (χ0v) is 13.0. The molecular weight excluding hydrogens is 294 g/mol. The van der Waals surface area contributed by atoms with Gasteiger partial charge in [-0.3, -0.25) is 9.59 Å². The second-order valence-corrected chi connectivity index (χ2v) is 5.40. The van der Waals surface area contributed by atoms with Gasteiger partial charge in [-0.15, -0.1) is 0 Å². The minimum absolute atomic E-state index is 0.190. The summed E-state index contributed by atoms with van der Waals surface area (Å²) in [6.45, 7) is 2.22. The van der Waals surface area contributed by atoms with Crippen LogP contribution in [0.15, 0.2) is 41.3 Å². The molecule has 2 heterocycles. The molecule has 3 rings (SSSR count). The predicted octanol–water partition coefficient (Wildman–Crippen LogP) is 1.18. The molecule has 0 saturated heterocycles. The number of aromatic amines is 1. The number of pyridine rings is 1. The minimum Gasteiger partial charge on any atom is -0.491 e. The van der Waals surface area contributed by atoms with E-state index in [1.54, 1.807) is 0 Å². The average molecular weight is 313 g/mol. The van der Waals surface area contributed by atoms with Crippen molar-refractivity contribution in [2.45, 2.75) is 6.42 Å². The molecule has 0 atom stereocenters. The molecule has 1 amide bonds. The summed E-state index contributed by atoms with van der Waals surface area (Å²) in [6.07, 6.45) is 2.43. The number of rotatable bonds is 5. The van der Waals surface area contributed by atoms with Gasteiger partial charge in [-0.2, -0.15) is 0 Å². The molecule has 0 radical (unpaired) electrons. The van der Waals surface area contributed by atoms with E-state index in [0.717, 1.165) is 19.5 Å². The van der Waals surface area contributed by atoms with Crippen LogP contribution in [0.2, 0.25) is 0 Å². The third-order valence-corrected chi connectivity index (χ3v) is 3.99. The predicted molar refractivity (Wildman–Crippen MR) is 88.3 cm³/mol. The van der Waals surface area contributed by atoms with Crippen molar-refractivity contribution >= 4 is 11.6 Å². The number of hydrogen-bond donors (Lipinski definition) is 2. The highest BCUT2D eigenvalue weighted by atomic mass is 16.5. The first-order chi connectivity index (χ1) is 11.2. The number of benzene rings is 1. The molecule has 0 saturated carbocycles. The lowest BCUT2D eigenvalue weighted by molar-refractivity contribution is 0.0949. The second kappa shape index (κ2) is 6.56. The van der Waals surface area contributed by atoms with Gasteiger partial charge in [0.05, 0.1) is 7.11 Å². The van der Waals surface area contributed by atoms with E-state index < -0.39 is 0 Å². The van der Waals surface area contributed by atoms with E-state index in [0.29, 0.717) is 6.54 Å². The van der Waals surface area contributed by atoms with Crippen LogP contribution in [-0.2, 0) is 6.42 Å². The Hall–Kier alpha value is -2.76. The third-order valence-electron chi connectivity index (χ3n) is 3.99. The Labute approximate surface area is 134 Å². The van der Waals surface area contributed by atoms with Gasteiger partial charge in [-0.1, -0.05) is 18.2 Å².